The Labute approximate surface area is 123 Å². The second kappa shape index (κ2) is 5.76. The number of aryl methyl sites for hydroxylation is 1. The Kier molecular flexibility index (Phi) is 4.04. The molecule has 1 atom stereocenters. The van der Waals surface area contributed by atoms with E-state index in [1.54, 1.807) is 0 Å². The van der Waals surface area contributed by atoms with Gasteiger partial charge in [0, 0.05) is 11.8 Å². The van der Waals surface area contributed by atoms with Gasteiger partial charge in [-0.15, -0.1) is 11.6 Å². The number of halogens is 1. The molecule has 0 N–H and O–H groups in total. The minimum absolute atomic E-state index is 0.492. The number of hydrogen-bond donors (Lipinski definition) is 0. The number of rotatable bonds is 3. The van der Waals surface area contributed by atoms with E-state index in [0.717, 1.165) is 17.9 Å². The van der Waals surface area contributed by atoms with Crippen molar-refractivity contribution in [2.75, 3.05) is 5.75 Å². The maximum Gasteiger partial charge on any atom is 0.124 e. The topological polar surface area (TPSA) is 17.8 Å². The Morgan fingerprint density at radius 3 is 3.05 bits per heavy atom. The summed E-state index contributed by atoms with van der Waals surface area (Å²) in [6, 6.07) is 6.40. The van der Waals surface area contributed by atoms with Crippen molar-refractivity contribution in [1.82, 2.24) is 9.55 Å². The van der Waals surface area contributed by atoms with Crippen LogP contribution in [0.1, 0.15) is 30.7 Å². The van der Waals surface area contributed by atoms with Gasteiger partial charge in [0.05, 0.1) is 16.9 Å². The molecule has 102 valence electrons. The SMILES string of the molecule is Cc1cccc2c1nc(CCl)n2CC1CCCCS1. The zero-order chi connectivity index (χ0) is 13.2. The third-order valence-corrected chi connectivity index (χ3v) is 5.46. The van der Waals surface area contributed by atoms with Crippen molar-refractivity contribution in [2.24, 2.45) is 0 Å². The quantitative estimate of drug-likeness (QED) is 0.782. The zero-order valence-corrected chi connectivity index (χ0v) is 12.8. The molecule has 1 aromatic carbocycles. The molecule has 1 fully saturated rings. The molecule has 2 aromatic rings. The Balaban J connectivity index is 1.98. The molecule has 0 radical (unpaired) electrons. The second-order valence-electron chi connectivity index (χ2n) is 5.20. The molecule has 4 heteroatoms. The minimum Gasteiger partial charge on any atom is -0.326 e. The van der Waals surface area contributed by atoms with Crippen molar-refractivity contribution in [3.05, 3.63) is 29.6 Å². The van der Waals surface area contributed by atoms with Crippen molar-refractivity contribution in [1.29, 1.82) is 0 Å². The van der Waals surface area contributed by atoms with Crippen LogP contribution in [0.3, 0.4) is 0 Å². The Hall–Kier alpha value is -0.670. The molecule has 1 aromatic heterocycles. The van der Waals surface area contributed by atoms with Crippen LogP contribution in [-0.4, -0.2) is 20.6 Å². The van der Waals surface area contributed by atoms with Crippen LogP contribution in [0.15, 0.2) is 18.2 Å². The zero-order valence-electron chi connectivity index (χ0n) is 11.2. The predicted octanol–water partition coefficient (Wildman–Crippen LogP) is 4.37. The molecule has 2 nitrogen and oxygen atoms in total. The summed E-state index contributed by atoms with van der Waals surface area (Å²) < 4.78 is 2.33. The van der Waals surface area contributed by atoms with Gasteiger partial charge in [-0.05, 0) is 37.1 Å². The molecule has 1 unspecified atom stereocenters. The number of benzene rings is 1. The summed E-state index contributed by atoms with van der Waals surface area (Å²) >= 11 is 8.19. The minimum atomic E-state index is 0.492. The lowest BCUT2D eigenvalue weighted by Gasteiger charge is -2.22. The highest BCUT2D eigenvalue weighted by molar-refractivity contribution is 7.99. The van der Waals surface area contributed by atoms with Crippen LogP contribution in [0.4, 0.5) is 0 Å². The van der Waals surface area contributed by atoms with Gasteiger partial charge in [-0.25, -0.2) is 4.98 Å². The normalized spacial score (nSPS) is 20.0. The summed E-state index contributed by atoms with van der Waals surface area (Å²) in [6.07, 6.45) is 4.05. The largest absolute Gasteiger partial charge is 0.326 e. The fourth-order valence-corrected chi connectivity index (χ4v) is 4.29. The summed E-state index contributed by atoms with van der Waals surface area (Å²) in [7, 11) is 0. The fraction of sp³-hybridized carbons (Fsp3) is 0.533. The Morgan fingerprint density at radius 1 is 1.42 bits per heavy atom. The van der Waals surface area contributed by atoms with Gasteiger partial charge in [0.25, 0.3) is 0 Å². The van der Waals surface area contributed by atoms with Crippen LogP contribution in [-0.2, 0) is 12.4 Å². The average molecular weight is 295 g/mol. The van der Waals surface area contributed by atoms with Crippen molar-refractivity contribution < 1.29 is 0 Å². The molecule has 2 heterocycles. The summed E-state index contributed by atoms with van der Waals surface area (Å²) in [5, 5.41) is 0.716. The summed E-state index contributed by atoms with van der Waals surface area (Å²) in [5.41, 5.74) is 3.58. The number of thioether (sulfide) groups is 1. The molecule has 0 saturated carbocycles. The molecule has 1 saturated heterocycles. The van der Waals surface area contributed by atoms with Gasteiger partial charge >= 0.3 is 0 Å². The van der Waals surface area contributed by atoms with E-state index in [1.807, 2.05) is 0 Å². The third-order valence-electron chi connectivity index (χ3n) is 3.84. The van der Waals surface area contributed by atoms with E-state index in [9.17, 15) is 0 Å². The number of aromatic nitrogens is 2. The first kappa shape index (κ1) is 13.3. The first-order valence-corrected chi connectivity index (χ1v) is 8.50. The Bertz CT molecular complexity index is 573. The molecule has 0 amide bonds. The first-order valence-electron chi connectivity index (χ1n) is 6.92. The van der Waals surface area contributed by atoms with Crippen LogP contribution >= 0.6 is 23.4 Å². The molecular weight excluding hydrogens is 276 g/mol. The summed E-state index contributed by atoms with van der Waals surface area (Å²) in [5.74, 6) is 2.80. The van der Waals surface area contributed by atoms with Gasteiger partial charge in [0.15, 0.2) is 0 Å². The maximum atomic E-state index is 6.08. The molecule has 1 aliphatic heterocycles. The molecule has 0 bridgehead atoms. The average Bonchev–Trinajstić information content (AvgIpc) is 2.80. The summed E-state index contributed by atoms with van der Waals surface area (Å²) in [6.45, 7) is 3.17. The van der Waals surface area contributed by atoms with Crippen LogP contribution in [0.5, 0.6) is 0 Å². The van der Waals surface area contributed by atoms with Gasteiger partial charge in [-0.2, -0.15) is 11.8 Å². The highest BCUT2D eigenvalue weighted by Crippen LogP contribution is 2.29. The molecular formula is C15H19ClN2S. The van der Waals surface area contributed by atoms with E-state index in [0.29, 0.717) is 11.1 Å². The van der Waals surface area contributed by atoms with Crippen LogP contribution in [0, 0.1) is 6.92 Å². The van der Waals surface area contributed by atoms with Crippen molar-refractivity contribution in [3.63, 3.8) is 0 Å². The predicted molar refractivity (Wildman–Crippen MR) is 84.1 cm³/mol. The van der Waals surface area contributed by atoms with Crippen LogP contribution in [0.2, 0.25) is 0 Å². The van der Waals surface area contributed by atoms with Crippen molar-refractivity contribution in [3.8, 4) is 0 Å². The molecule has 0 aliphatic carbocycles. The van der Waals surface area contributed by atoms with Crippen molar-refractivity contribution >= 4 is 34.4 Å². The number of imidazole rings is 1. The maximum absolute atomic E-state index is 6.08. The highest BCUT2D eigenvalue weighted by atomic mass is 35.5. The van der Waals surface area contributed by atoms with Crippen LogP contribution < -0.4 is 0 Å². The van der Waals surface area contributed by atoms with Gasteiger partial charge in [0.2, 0.25) is 0 Å². The number of hydrogen-bond acceptors (Lipinski definition) is 2. The second-order valence-corrected chi connectivity index (χ2v) is 6.88. The smallest absolute Gasteiger partial charge is 0.124 e. The number of fused-ring (bicyclic) bond motifs is 1. The molecule has 0 spiro atoms. The number of nitrogens with zero attached hydrogens (tertiary/aromatic N) is 2. The third kappa shape index (κ3) is 2.63. The summed E-state index contributed by atoms with van der Waals surface area (Å²) in [4.78, 5) is 4.72. The van der Waals surface area contributed by atoms with E-state index < -0.39 is 0 Å². The van der Waals surface area contributed by atoms with E-state index in [4.69, 9.17) is 16.6 Å². The van der Waals surface area contributed by atoms with E-state index in [-0.39, 0.29) is 0 Å². The fourth-order valence-electron chi connectivity index (χ4n) is 2.80. The number of alkyl halides is 1. The monoisotopic (exact) mass is 294 g/mol. The van der Waals surface area contributed by atoms with E-state index in [2.05, 4.69) is 41.5 Å². The molecule has 3 rings (SSSR count). The van der Waals surface area contributed by atoms with Gasteiger partial charge in [-0.1, -0.05) is 18.6 Å². The molecule has 1 aliphatic rings. The standard InChI is InChI=1S/C15H19ClN2S/c1-11-5-4-7-13-15(11)17-14(9-16)18(13)10-12-6-2-3-8-19-12/h4-5,7,12H,2-3,6,8-10H2,1H3. The Morgan fingerprint density at radius 2 is 2.32 bits per heavy atom. The van der Waals surface area contributed by atoms with Crippen molar-refractivity contribution in [2.45, 2.75) is 43.9 Å². The lowest BCUT2D eigenvalue weighted by Crippen LogP contribution is -2.18. The first-order chi connectivity index (χ1) is 9.29. The van der Waals surface area contributed by atoms with E-state index in [1.165, 1.54) is 36.1 Å². The lowest BCUT2D eigenvalue weighted by molar-refractivity contribution is 0.582. The molecule has 19 heavy (non-hydrogen) atoms. The van der Waals surface area contributed by atoms with Gasteiger partial charge < -0.3 is 4.57 Å². The van der Waals surface area contributed by atoms with E-state index >= 15 is 0 Å². The number of para-hydroxylation sites is 1. The van der Waals surface area contributed by atoms with Crippen LogP contribution in [0.25, 0.3) is 11.0 Å². The van der Waals surface area contributed by atoms with Gasteiger partial charge in [-0.3, -0.25) is 0 Å². The lowest BCUT2D eigenvalue weighted by atomic mass is 10.2. The van der Waals surface area contributed by atoms with Gasteiger partial charge in [0.1, 0.15) is 5.82 Å². The highest BCUT2D eigenvalue weighted by Gasteiger charge is 2.18.